The van der Waals surface area contributed by atoms with E-state index in [4.69, 9.17) is 4.74 Å². The monoisotopic (exact) mass is 360 g/mol. The van der Waals surface area contributed by atoms with Crippen molar-refractivity contribution in [1.29, 1.82) is 0 Å². The smallest absolute Gasteiger partial charge is 0.306 e. The van der Waals surface area contributed by atoms with E-state index in [0.717, 1.165) is 43.9 Å². The van der Waals surface area contributed by atoms with Gasteiger partial charge in [-0.25, -0.2) is 0 Å². The van der Waals surface area contributed by atoms with Crippen LogP contribution < -0.4 is 0 Å². The highest BCUT2D eigenvalue weighted by molar-refractivity contribution is 5.79. The Bertz CT molecular complexity index is 584. The molecule has 146 valence electrons. The third-order valence-electron chi connectivity index (χ3n) is 9.12. The Morgan fingerprint density at radius 2 is 1.81 bits per heavy atom. The summed E-state index contributed by atoms with van der Waals surface area (Å²) in [6.45, 7) is 6.95. The van der Waals surface area contributed by atoms with E-state index >= 15 is 0 Å². The van der Waals surface area contributed by atoms with E-state index < -0.39 is 0 Å². The second-order valence-electron chi connectivity index (χ2n) is 10.3. The number of hydrogen-bond donors (Lipinski definition) is 0. The summed E-state index contributed by atoms with van der Waals surface area (Å²) >= 11 is 0. The van der Waals surface area contributed by atoms with E-state index in [9.17, 15) is 9.59 Å². The van der Waals surface area contributed by atoms with Crippen LogP contribution in [0.2, 0.25) is 0 Å². The van der Waals surface area contributed by atoms with Crippen LogP contribution in [-0.4, -0.2) is 17.9 Å². The number of ether oxygens (including phenoxy) is 1. The second kappa shape index (κ2) is 6.63. The summed E-state index contributed by atoms with van der Waals surface area (Å²) in [7, 11) is 0. The highest BCUT2D eigenvalue weighted by Crippen LogP contribution is 2.66. The summed E-state index contributed by atoms with van der Waals surface area (Å²) in [5.41, 5.74) is 0.549. The van der Waals surface area contributed by atoms with Crippen molar-refractivity contribution in [2.75, 3.05) is 0 Å². The molecule has 0 saturated heterocycles. The Labute approximate surface area is 158 Å². The fourth-order valence-electron chi connectivity index (χ4n) is 7.61. The molecule has 0 heterocycles. The Hall–Kier alpha value is -0.860. The molecule has 4 fully saturated rings. The molecular weight excluding hydrogens is 324 g/mol. The first-order valence-corrected chi connectivity index (χ1v) is 11.1. The van der Waals surface area contributed by atoms with Gasteiger partial charge in [0.05, 0.1) is 0 Å². The summed E-state index contributed by atoms with van der Waals surface area (Å²) in [6, 6.07) is 0. The molecule has 0 aromatic heterocycles. The maximum atomic E-state index is 12.1. The van der Waals surface area contributed by atoms with E-state index in [1.807, 2.05) is 6.92 Å². The van der Waals surface area contributed by atoms with Gasteiger partial charge in [0.25, 0.3) is 0 Å². The van der Waals surface area contributed by atoms with Crippen LogP contribution in [0, 0.1) is 34.5 Å². The average molecular weight is 361 g/mol. The maximum Gasteiger partial charge on any atom is 0.306 e. The third kappa shape index (κ3) is 2.76. The van der Waals surface area contributed by atoms with Crippen LogP contribution in [0.3, 0.4) is 0 Å². The Kier molecular flexibility index (Phi) is 4.72. The zero-order valence-corrected chi connectivity index (χ0v) is 16.9. The average Bonchev–Trinajstić information content (AvgIpc) is 2.92. The Balaban J connectivity index is 1.52. The lowest BCUT2D eigenvalue weighted by atomic mass is 9.45. The minimum absolute atomic E-state index is 0.00274. The van der Waals surface area contributed by atoms with Gasteiger partial charge in [-0.15, -0.1) is 0 Å². The van der Waals surface area contributed by atoms with Gasteiger partial charge in [-0.2, -0.15) is 0 Å². The molecule has 0 aromatic rings. The number of fused-ring (bicyclic) bond motifs is 5. The van der Waals surface area contributed by atoms with Gasteiger partial charge in [-0.3, -0.25) is 9.59 Å². The van der Waals surface area contributed by atoms with Crippen LogP contribution in [0.4, 0.5) is 0 Å². The lowest BCUT2D eigenvalue weighted by Gasteiger charge is -2.60. The summed E-state index contributed by atoms with van der Waals surface area (Å²) in [5.74, 6) is 3.37. The van der Waals surface area contributed by atoms with Crippen LogP contribution in [0.1, 0.15) is 91.4 Å². The lowest BCUT2D eigenvalue weighted by Crippen LogP contribution is -2.54. The summed E-state index contributed by atoms with van der Waals surface area (Å²) in [5, 5.41) is 0. The fourth-order valence-corrected chi connectivity index (χ4v) is 7.61. The largest absolute Gasteiger partial charge is 0.462 e. The zero-order chi connectivity index (χ0) is 18.5. The molecular formula is C23H36O3. The van der Waals surface area contributed by atoms with Crippen LogP contribution in [0.15, 0.2) is 0 Å². The van der Waals surface area contributed by atoms with Crippen molar-refractivity contribution < 1.29 is 14.3 Å². The molecule has 26 heavy (non-hydrogen) atoms. The molecule has 0 N–H and O–H groups in total. The Morgan fingerprint density at radius 1 is 1.04 bits per heavy atom. The molecule has 0 spiro atoms. The summed E-state index contributed by atoms with van der Waals surface area (Å²) in [6.07, 6.45) is 11.5. The molecule has 0 aliphatic heterocycles. The lowest BCUT2D eigenvalue weighted by molar-refractivity contribution is -0.164. The molecule has 0 bridgehead atoms. The zero-order valence-electron chi connectivity index (χ0n) is 16.9. The normalized spacial score (nSPS) is 47.7. The van der Waals surface area contributed by atoms with Gasteiger partial charge >= 0.3 is 5.97 Å². The Morgan fingerprint density at radius 3 is 2.58 bits per heavy atom. The van der Waals surface area contributed by atoms with Gasteiger partial charge < -0.3 is 4.74 Å². The summed E-state index contributed by atoms with van der Waals surface area (Å²) in [4.78, 5) is 24.1. The minimum Gasteiger partial charge on any atom is -0.462 e. The van der Waals surface area contributed by atoms with Crippen molar-refractivity contribution in [3.8, 4) is 0 Å². The van der Waals surface area contributed by atoms with Crippen LogP contribution in [0.25, 0.3) is 0 Å². The maximum absolute atomic E-state index is 12.1. The SMILES string of the molecule is CCCC(=O)O[C@H]1CCC2C3CC[C@@H]4CC(=O)CC[C@]4(C)C3CC[C@@]21C. The quantitative estimate of drug-likeness (QED) is 0.641. The first kappa shape index (κ1) is 18.5. The van der Waals surface area contributed by atoms with Crippen molar-refractivity contribution in [1.82, 2.24) is 0 Å². The first-order chi connectivity index (χ1) is 12.4. The molecule has 7 atom stereocenters. The number of rotatable bonds is 3. The molecule has 4 aliphatic rings. The molecule has 3 heteroatoms. The molecule has 0 aromatic carbocycles. The molecule has 3 nitrogen and oxygen atoms in total. The molecule has 0 radical (unpaired) electrons. The highest BCUT2D eigenvalue weighted by atomic mass is 16.5. The van der Waals surface area contributed by atoms with Crippen molar-refractivity contribution in [2.24, 2.45) is 34.5 Å². The van der Waals surface area contributed by atoms with Crippen molar-refractivity contribution >= 4 is 11.8 Å². The number of carbonyl (C=O) groups excluding carboxylic acids is 2. The molecule has 0 amide bonds. The molecule has 4 rings (SSSR count). The predicted octanol–water partition coefficient (Wildman–Crippen LogP) is 5.31. The fraction of sp³-hybridized carbons (Fsp3) is 0.913. The number of esters is 1. The van der Waals surface area contributed by atoms with Gasteiger partial charge in [0.2, 0.25) is 0 Å². The molecule has 4 aliphatic carbocycles. The second-order valence-corrected chi connectivity index (χ2v) is 10.3. The standard InChI is InChI=1S/C23H36O3/c1-4-5-21(25)26-20-9-8-18-17-7-6-15-14-16(24)10-12-22(15,2)19(17)11-13-23(18,20)3/h15,17-20H,4-14H2,1-3H3/t15-,17?,18?,19?,20+,22+,23+/m1/s1. The number of ketones is 1. The van der Waals surface area contributed by atoms with Gasteiger partial charge in [0, 0.05) is 24.7 Å². The van der Waals surface area contributed by atoms with E-state index in [0.29, 0.717) is 29.5 Å². The minimum atomic E-state index is 0.00274. The van der Waals surface area contributed by atoms with Crippen LogP contribution in [-0.2, 0) is 14.3 Å². The number of hydrogen-bond acceptors (Lipinski definition) is 3. The van der Waals surface area contributed by atoms with Gasteiger partial charge in [0.15, 0.2) is 0 Å². The van der Waals surface area contributed by atoms with Crippen molar-refractivity contribution in [3.05, 3.63) is 0 Å². The van der Waals surface area contributed by atoms with E-state index in [1.54, 1.807) is 0 Å². The molecule has 4 saturated carbocycles. The van der Waals surface area contributed by atoms with E-state index in [-0.39, 0.29) is 17.5 Å². The van der Waals surface area contributed by atoms with E-state index in [2.05, 4.69) is 13.8 Å². The molecule has 3 unspecified atom stereocenters. The van der Waals surface area contributed by atoms with E-state index in [1.165, 1.54) is 32.1 Å². The topological polar surface area (TPSA) is 43.4 Å². The third-order valence-corrected chi connectivity index (χ3v) is 9.12. The summed E-state index contributed by atoms with van der Waals surface area (Å²) < 4.78 is 5.97. The number of Topliss-reactive ketones (excluding diaryl/α,β-unsaturated/α-hetero) is 1. The van der Waals surface area contributed by atoms with Gasteiger partial charge in [-0.05, 0) is 80.5 Å². The van der Waals surface area contributed by atoms with Gasteiger partial charge in [-0.1, -0.05) is 20.8 Å². The first-order valence-electron chi connectivity index (χ1n) is 11.1. The van der Waals surface area contributed by atoms with Gasteiger partial charge in [0.1, 0.15) is 11.9 Å². The van der Waals surface area contributed by atoms with Crippen molar-refractivity contribution in [3.63, 3.8) is 0 Å². The van der Waals surface area contributed by atoms with Crippen molar-refractivity contribution in [2.45, 2.75) is 97.5 Å². The number of carbonyl (C=O) groups is 2. The van der Waals surface area contributed by atoms with Crippen LogP contribution >= 0.6 is 0 Å². The predicted molar refractivity (Wildman–Crippen MR) is 102 cm³/mol. The van der Waals surface area contributed by atoms with Crippen LogP contribution in [0.5, 0.6) is 0 Å². The highest BCUT2D eigenvalue weighted by Gasteiger charge is 2.61.